The lowest BCUT2D eigenvalue weighted by Crippen LogP contribution is -2.42. The summed E-state index contributed by atoms with van der Waals surface area (Å²) in [7, 11) is 0. The van der Waals surface area contributed by atoms with Crippen LogP contribution in [0.1, 0.15) is 43.6 Å². The first kappa shape index (κ1) is 14.6. The number of nitrogens with zero attached hydrogens (tertiary/aromatic N) is 2. The maximum atomic E-state index is 12.0. The van der Waals surface area contributed by atoms with Gasteiger partial charge in [-0.2, -0.15) is 5.10 Å². The first-order chi connectivity index (χ1) is 9.38. The Labute approximate surface area is 118 Å². The van der Waals surface area contributed by atoms with Gasteiger partial charge >= 0.3 is 5.97 Å². The predicted molar refractivity (Wildman–Crippen MR) is 73.3 cm³/mol. The van der Waals surface area contributed by atoms with Crippen molar-refractivity contribution < 1.29 is 14.7 Å². The van der Waals surface area contributed by atoms with E-state index in [1.54, 1.807) is 0 Å². The molecule has 110 valence electrons. The lowest BCUT2D eigenvalue weighted by Gasteiger charge is -2.17. The molecule has 2 atom stereocenters. The first-order valence-electron chi connectivity index (χ1n) is 6.93. The molecule has 1 aromatic heterocycles. The van der Waals surface area contributed by atoms with Crippen molar-refractivity contribution in [1.29, 1.82) is 0 Å². The normalized spacial score (nSPS) is 17.6. The average molecular weight is 279 g/mol. The molecule has 20 heavy (non-hydrogen) atoms. The van der Waals surface area contributed by atoms with E-state index in [0.717, 1.165) is 24.2 Å². The number of amides is 1. The number of rotatable bonds is 6. The molecule has 0 aliphatic heterocycles. The molecule has 2 N–H and O–H groups in total. The van der Waals surface area contributed by atoms with Gasteiger partial charge in [-0.25, -0.2) is 4.79 Å². The number of hydrogen-bond acceptors (Lipinski definition) is 3. The first-order valence-corrected chi connectivity index (χ1v) is 6.93. The van der Waals surface area contributed by atoms with Crippen LogP contribution < -0.4 is 5.32 Å². The number of carboxylic acids is 1. The van der Waals surface area contributed by atoms with Crippen molar-refractivity contribution in [2.75, 3.05) is 0 Å². The number of nitrogens with one attached hydrogen (secondary N) is 1. The Hall–Kier alpha value is -1.85. The van der Waals surface area contributed by atoms with Crippen LogP contribution in [0.5, 0.6) is 0 Å². The smallest absolute Gasteiger partial charge is 0.326 e. The molecule has 1 aromatic rings. The molecule has 1 heterocycles. The van der Waals surface area contributed by atoms with Crippen molar-refractivity contribution >= 4 is 11.9 Å². The van der Waals surface area contributed by atoms with Crippen LogP contribution in [0.25, 0.3) is 0 Å². The van der Waals surface area contributed by atoms with Gasteiger partial charge < -0.3 is 10.4 Å². The van der Waals surface area contributed by atoms with E-state index in [1.165, 1.54) is 0 Å². The molecule has 0 saturated heterocycles. The maximum absolute atomic E-state index is 12.0. The zero-order valence-corrected chi connectivity index (χ0v) is 12.1. The molecule has 0 spiro atoms. The second-order valence-electron chi connectivity index (χ2n) is 5.65. The van der Waals surface area contributed by atoms with Crippen LogP contribution in [0.15, 0.2) is 6.07 Å². The van der Waals surface area contributed by atoms with Crippen LogP contribution in [-0.2, 0) is 9.59 Å². The number of aliphatic carboxylic acids is 1. The van der Waals surface area contributed by atoms with E-state index in [-0.39, 0.29) is 24.3 Å². The summed E-state index contributed by atoms with van der Waals surface area (Å²) in [4.78, 5) is 23.1. The molecule has 0 bridgehead atoms. The Kier molecular flexibility index (Phi) is 4.11. The van der Waals surface area contributed by atoms with Crippen molar-refractivity contribution in [2.24, 2.45) is 5.92 Å². The van der Waals surface area contributed by atoms with E-state index >= 15 is 0 Å². The van der Waals surface area contributed by atoms with Crippen LogP contribution in [-0.4, -0.2) is 32.8 Å². The fourth-order valence-corrected chi connectivity index (χ4v) is 2.49. The van der Waals surface area contributed by atoms with Gasteiger partial charge in [0, 0.05) is 12.1 Å². The van der Waals surface area contributed by atoms with E-state index in [9.17, 15) is 9.59 Å². The lowest BCUT2D eigenvalue weighted by molar-refractivity contribution is -0.142. The summed E-state index contributed by atoms with van der Waals surface area (Å²) in [6, 6.07) is 1.13. The highest BCUT2D eigenvalue weighted by Gasteiger charge is 2.37. The zero-order valence-electron chi connectivity index (χ0n) is 12.1. The van der Waals surface area contributed by atoms with Gasteiger partial charge in [0.1, 0.15) is 6.04 Å². The standard InChI is InChI=1S/C14H21N3O3/c1-8-6-9(2)17(16-8)10(3)7-12(18)15-13(14(19)20)11-4-5-11/h6,10-11,13H,4-5,7H2,1-3H3,(H,15,18)(H,19,20). The van der Waals surface area contributed by atoms with Gasteiger partial charge in [0.2, 0.25) is 5.91 Å². The highest BCUT2D eigenvalue weighted by Crippen LogP contribution is 2.32. The summed E-state index contributed by atoms with van der Waals surface area (Å²) in [6.07, 6.45) is 1.99. The topological polar surface area (TPSA) is 84.2 Å². The highest BCUT2D eigenvalue weighted by atomic mass is 16.4. The number of aryl methyl sites for hydroxylation is 2. The lowest BCUT2D eigenvalue weighted by atomic mass is 10.1. The molecule has 2 rings (SSSR count). The Morgan fingerprint density at radius 2 is 2.15 bits per heavy atom. The van der Waals surface area contributed by atoms with Crippen LogP contribution in [0.3, 0.4) is 0 Å². The molecular formula is C14H21N3O3. The van der Waals surface area contributed by atoms with Gasteiger partial charge in [-0.15, -0.1) is 0 Å². The highest BCUT2D eigenvalue weighted by molar-refractivity contribution is 5.84. The Balaban J connectivity index is 1.93. The number of hydrogen-bond donors (Lipinski definition) is 2. The quantitative estimate of drug-likeness (QED) is 0.825. The molecule has 0 aromatic carbocycles. The van der Waals surface area contributed by atoms with E-state index < -0.39 is 12.0 Å². The fourth-order valence-electron chi connectivity index (χ4n) is 2.49. The minimum Gasteiger partial charge on any atom is -0.480 e. The predicted octanol–water partition coefficient (Wildman–Crippen LogP) is 1.43. The third-order valence-corrected chi connectivity index (χ3v) is 3.62. The number of carbonyl (C=O) groups excluding carboxylic acids is 1. The molecule has 0 radical (unpaired) electrons. The zero-order chi connectivity index (χ0) is 14.9. The number of carbonyl (C=O) groups is 2. The average Bonchev–Trinajstić information content (AvgIpc) is 3.11. The van der Waals surface area contributed by atoms with E-state index in [1.807, 2.05) is 31.5 Å². The van der Waals surface area contributed by atoms with Gasteiger partial charge in [0.25, 0.3) is 0 Å². The number of carboxylic acid groups (broad SMARTS) is 1. The van der Waals surface area contributed by atoms with Crippen LogP contribution in [0.4, 0.5) is 0 Å². The third-order valence-electron chi connectivity index (χ3n) is 3.62. The summed E-state index contributed by atoms with van der Waals surface area (Å²) in [5, 5.41) is 16.1. The van der Waals surface area contributed by atoms with E-state index in [2.05, 4.69) is 10.4 Å². The van der Waals surface area contributed by atoms with Crippen molar-refractivity contribution in [3.63, 3.8) is 0 Å². The monoisotopic (exact) mass is 279 g/mol. The van der Waals surface area contributed by atoms with Gasteiger partial charge in [-0.1, -0.05) is 0 Å². The van der Waals surface area contributed by atoms with Gasteiger partial charge in [-0.05, 0) is 45.6 Å². The summed E-state index contributed by atoms with van der Waals surface area (Å²) in [6.45, 7) is 5.76. The second-order valence-corrected chi connectivity index (χ2v) is 5.65. The van der Waals surface area contributed by atoms with Gasteiger partial charge in [0.15, 0.2) is 0 Å². The molecule has 1 aliphatic carbocycles. The minimum absolute atomic E-state index is 0.0858. The molecule has 1 aliphatic rings. The minimum atomic E-state index is -0.945. The number of aromatic nitrogens is 2. The maximum Gasteiger partial charge on any atom is 0.326 e. The van der Waals surface area contributed by atoms with E-state index in [0.29, 0.717) is 0 Å². The Morgan fingerprint density at radius 3 is 2.60 bits per heavy atom. The van der Waals surface area contributed by atoms with Crippen molar-refractivity contribution in [2.45, 2.75) is 52.1 Å². The fraction of sp³-hybridized carbons (Fsp3) is 0.643. The molecule has 1 fully saturated rings. The summed E-state index contributed by atoms with van der Waals surface area (Å²) in [5.74, 6) is -1.08. The summed E-state index contributed by atoms with van der Waals surface area (Å²) < 4.78 is 1.81. The molecule has 1 amide bonds. The van der Waals surface area contributed by atoms with Crippen molar-refractivity contribution in [1.82, 2.24) is 15.1 Å². The van der Waals surface area contributed by atoms with Crippen LogP contribution in [0.2, 0.25) is 0 Å². The summed E-state index contributed by atoms with van der Waals surface area (Å²) in [5.41, 5.74) is 1.91. The van der Waals surface area contributed by atoms with Crippen LogP contribution >= 0.6 is 0 Å². The summed E-state index contributed by atoms with van der Waals surface area (Å²) >= 11 is 0. The molecular weight excluding hydrogens is 258 g/mol. The SMILES string of the molecule is Cc1cc(C)n(C(C)CC(=O)NC(C(=O)O)C2CC2)n1. The molecule has 6 nitrogen and oxygen atoms in total. The van der Waals surface area contributed by atoms with Crippen molar-refractivity contribution in [3.05, 3.63) is 17.5 Å². The van der Waals surface area contributed by atoms with E-state index in [4.69, 9.17) is 5.11 Å². The largest absolute Gasteiger partial charge is 0.480 e. The Morgan fingerprint density at radius 1 is 1.50 bits per heavy atom. The van der Waals surface area contributed by atoms with Crippen molar-refractivity contribution in [3.8, 4) is 0 Å². The Bertz CT molecular complexity index is 520. The van der Waals surface area contributed by atoms with Gasteiger partial charge in [0.05, 0.1) is 11.7 Å². The molecule has 2 unspecified atom stereocenters. The molecule has 1 saturated carbocycles. The van der Waals surface area contributed by atoms with Gasteiger partial charge in [-0.3, -0.25) is 9.48 Å². The van der Waals surface area contributed by atoms with Crippen LogP contribution in [0, 0.1) is 19.8 Å². The second kappa shape index (κ2) is 5.64. The third kappa shape index (κ3) is 3.37. The molecule has 6 heteroatoms.